The highest BCUT2D eigenvalue weighted by Crippen LogP contribution is 2.28. The molecule has 2 aromatic heterocycles. The smallest absolute Gasteiger partial charge is 0.358 e. The number of nitrogens with zero attached hydrogens (tertiary/aromatic N) is 3. The van der Waals surface area contributed by atoms with Crippen molar-refractivity contribution in [1.29, 1.82) is 5.26 Å². The predicted molar refractivity (Wildman–Crippen MR) is 80.8 cm³/mol. The molecule has 0 aliphatic rings. The SMILES string of the molecule is CCOC(=O)c1ccc(Nc2oc(C)c(C(=O)OC)c2C#N)nn1. The minimum atomic E-state index is -0.676. The lowest BCUT2D eigenvalue weighted by Gasteiger charge is -2.03. The monoisotopic (exact) mass is 330 g/mol. The van der Waals surface area contributed by atoms with Crippen molar-refractivity contribution in [1.82, 2.24) is 10.2 Å². The molecule has 2 aromatic rings. The Bertz CT molecular complexity index is 805. The van der Waals surface area contributed by atoms with Gasteiger partial charge in [0.05, 0.1) is 13.7 Å². The number of anilines is 2. The quantitative estimate of drug-likeness (QED) is 0.818. The molecule has 0 fully saturated rings. The maximum absolute atomic E-state index is 11.7. The summed E-state index contributed by atoms with van der Waals surface area (Å²) in [7, 11) is 1.21. The van der Waals surface area contributed by atoms with Crippen LogP contribution in [0.4, 0.5) is 11.7 Å². The number of aryl methyl sites for hydroxylation is 1. The lowest BCUT2D eigenvalue weighted by molar-refractivity contribution is 0.0517. The zero-order valence-electron chi connectivity index (χ0n) is 13.2. The van der Waals surface area contributed by atoms with Crippen molar-refractivity contribution in [3.63, 3.8) is 0 Å². The summed E-state index contributed by atoms with van der Waals surface area (Å²) in [6.07, 6.45) is 0. The molecule has 2 rings (SSSR count). The average molecular weight is 330 g/mol. The number of hydrogen-bond donors (Lipinski definition) is 1. The molecule has 0 radical (unpaired) electrons. The van der Waals surface area contributed by atoms with E-state index in [1.165, 1.54) is 26.2 Å². The van der Waals surface area contributed by atoms with E-state index in [4.69, 9.17) is 9.15 Å². The number of carbonyl (C=O) groups excluding carboxylic acids is 2. The first-order valence-corrected chi connectivity index (χ1v) is 6.91. The van der Waals surface area contributed by atoms with E-state index in [0.29, 0.717) is 0 Å². The van der Waals surface area contributed by atoms with Crippen LogP contribution in [0.1, 0.15) is 39.1 Å². The number of rotatable bonds is 5. The van der Waals surface area contributed by atoms with Crippen molar-refractivity contribution in [2.75, 3.05) is 19.0 Å². The van der Waals surface area contributed by atoms with E-state index in [-0.39, 0.29) is 40.9 Å². The van der Waals surface area contributed by atoms with Gasteiger partial charge in [0, 0.05) is 0 Å². The fraction of sp³-hybridized carbons (Fsp3) is 0.267. The fourth-order valence-electron chi connectivity index (χ4n) is 1.92. The Hall–Kier alpha value is -3.41. The summed E-state index contributed by atoms with van der Waals surface area (Å²) in [6, 6.07) is 4.77. The maximum Gasteiger partial charge on any atom is 0.358 e. The Kier molecular flexibility index (Phi) is 5.11. The molecule has 0 unspecified atom stereocenters. The summed E-state index contributed by atoms with van der Waals surface area (Å²) in [4.78, 5) is 23.2. The third-order valence-corrected chi connectivity index (χ3v) is 2.98. The highest BCUT2D eigenvalue weighted by molar-refractivity contribution is 5.95. The molecule has 0 aliphatic heterocycles. The first-order valence-electron chi connectivity index (χ1n) is 6.91. The molecule has 0 aliphatic carbocycles. The topological polar surface area (TPSA) is 127 Å². The van der Waals surface area contributed by atoms with Gasteiger partial charge in [-0.25, -0.2) is 9.59 Å². The van der Waals surface area contributed by atoms with Crippen LogP contribution in [0.15, 0.2) is 16.5 Å². The van der Waals surface area contributed by atoms with E-state index in [1.807, 2.05) is 6.07 Å². The number of esters is 2. The second-order valence-electron chi connectivity index (χ2n) is 4.49. The Morgan fingerprint density at radius 1 is 1.33 bits per heavy atom. The summed E-state index contributed by atoms with van der Waals surface area (Å²) < 4.78 is 14.8. The molecule has 124 valence electrons. The lowest BCUT2D eigenvalue weighted by Crippen LogP contribution is -2.08. The molecule has 9 heteroatoms. The maximum atomic E-state index is 11.7. The summed E-state index contributed by atoms with van der Waals surface area (Å²) in [5, 5.41) is 19.5. The van der Waals surface area contributed by atoms with E-state index in [0.717, 1.165) is 0 Å². The molecule has 0 spiro atoms. The largest absolute Gasteiger partial charge is 0.465 e. The van der Waals surface area contributed by atoms with E-state index in [1.54, 1.807) is 6.92 Å². The molecule has 0 bridgehead atoms. The molecular formula is C15H14N4O5. The molecule has 0 saturated heterocycles. The second kappa shape index (κ2) is 7.23. The van der Waals surface area contributed by atoms with E-state index in [9.17, 15) is 14.9 Å². The van der Waals surface area contributed by atoms with E-state index < -0.39 is 11.9 Å². The molecule has 9 nitrogen and oxygen atoms in total. The van der Waals surface area contributed by atoms with Gasteiger partial charge in [-0.2, -0.15) is 5.26 Å². The van der Waals surface area contributed by atoms with Gasteiger partial charge in [-0.3, -0.25) is 0 Å². The van der Waals surface area contributed by atoms with Crippen LogP contribution in [0.25, 0.3) is 0 Å². The number of ether oxygens (including phenoxy) is 2. The molecule has 2 heterocycles. The molecule has 0 aromatic carbocycles. The molecular weight excluding hydrogens is 316 g/mol. The molecule has 1 N–H and O–H groups in total. The van der Waals surface area contributed by atoms with Gasteiger partial charge < -0.3 is 19.2 Å². The normalized spacial score (nSPS) is 9.92. The van der Waals surface area contributed by atoms with Crippen molar-refractivity contribution in [3.8, 4) is 6.07 Å². The third-order valence-electron chi connectivity index (χ3n) is 2.98. The fourth-order valence-corrected chi connectivity index (χ4v) is 1.92. The van der Waals surface area contributed by atoms with Crippen LogP contribution in [0.2, 0.25) is 0 Å². The average Bonchev–Trinajstić information content (AvgIpc) is 2.90. The van der Waals surface area contributed by atoms with E-state index >= 15 is 0 Å². The Balaban J connectivity index is 2.27. The number of furan rings is 1. The molecule has 24 heavy (non-hydrogen) atoms. The summed E-state index contributed by atoms with van der Waals surface area (Å²) in [5.74, 6) is -0.768. The first kappa shape index (κ1) is 17.0. The van der Waals surface area contributed by atoms with Gasteiger partial charge in [-0.15, -0.1) is 10.2 Å². The van der Waals surface area contributed by atoms with Crippen molar-refractivity contribution < 1.29 is 23.5 Å². The van der Waals surface area contributed by atoms with Gasteiger partial charge >= 0.3 is 11.9 Å². The van der Waals surface area contributed by atoms with E-state index in [2.05, 4.69) is 20.3 Å². The standard InChI is InChI=1S/C15H14N4O5/c1-4-23-14(20)10-5-6-11(19-18-10)17-13-9(7-16)12(8(2)24-13)15(21)22-3/h5-6H,4H2,1-3H3,(H,17,19). The second-order valence-corrected chi connectivity index (χ2v) is 4.49. The van der Waals surface area contributed by atoms with Crippen LogP contribution < -0.4 is 5.32 Å². The number of methoxy groups -OCH3 is 1. The molecule has 0 atom stereocenters. The number of carbonyl (C=O) groups is 2. The molecule has 0 saturated carbocycles. The van der Waals surface area contributed by atoms with Gasteiger partial charge in [0.25, 0.3) is 0 Å². The van der Waals surface area contributed by atoms with Crippen LogP contribution in [0.5, 0.6) is 0 Å². The summed E-state index contributed by atoms with van der Waals surface area (Å²) in [5.41, 5.74) is 0.0861. The van der Waals surface area contributed by atoms with Crippen LogP contribution >= 0.6 is 0 Å². The Labute approximate surface area is 137 Å². The van der Waals surface area contributed by atoms with Gasteiger partial charge in [-0.1, -0.05) is 0 Å². The van der Waals surface area contributed by atoms with Crippen molar-refractivity contribution in [3.05, 3.63) is 34.7 Å². The van der Waals surface area contributed by atoms with Gasteiger partial charge in [0.1, 0.15) is 23.0 Å². The number of nitriles is 1. The lowest BCUT2D eigenvalue weighted by atomic mass is 10.1. The van der Waals surface area contributed by atoms with Crippen molar-refractivity contribution in [2.24, 2.45) is 0 Å². The number of nitrogens with one attached hydrogen (secondary N) is 1. The van der Waals surface area contributed by atoms with Crippen molar-refractivity contribution in [2.45, 2.75) is 13.8 Å². The van der Waals surface area contributed by atoms with Gasteiger partial charge in [0.15, 0.2) is 11.5 Å². The van der Waals surface area contributed by atoms with Crippen LogP contribution in [0, 0.1) is 18.3 Å². The van der Waals surface area contributed by atoms with Crippen LogP contribution in [0.3, 0.4) is 0 Å². The Morgan fingerprint density at radius 3 is 2.62 bits per heavy atom. The van der Waals surface area contributed by atoms with Crippen LogP contribution in [-0.2, 0) is 9.47 Å². The minimum Gasteiger partial charge on any atom is -0.465 e. The number of aromatic nitrogens is 2. The summed E-state index contributed by atoms with van der Waals surface area (Å²) in [6.45, 7) is 3.45. The zero-order valence-corrected chi connectivity index (χ0v) is 13.2. The van der Waals surface area contributed by atoms with Crippen molar-refractivity contribution >= 4 is 23.6 Å². The highest BCUT2D eigenvalue weighted by atomic mass is 16.5. The minimum absolute atomic E-state index is 0.00406. The molecule has 0 amide bonds. The summed E-state index contributed by atoms with van der Waals surface area (Å²) >= 11 is 0. The van der Waals surface area contributed by atoms with Gasteiger partial charge in [0.2, 0.25) is 5.88 Å². The number of hydrogen-bond acceptors (Lipinski definition) is 9. The van der Waals surface area contributed by atoms with Crippen LogP contribution in [-0.4, -0.2) is 35.9 Å². The Morgan fingerprint density at radius 2 is 2.08 bits per heavy atom. The third kappa shape index (κ3) is 3.33. The first-order chi connectivity index (χ1) is 11.5. The predicted octanol–water partition coefficient (Wildman–Crippen LogP) is 1.96. The van der Waals surface area contributed by atoms with Gasteiger partial charge in [-0.05, 0) is 26.0 Å². The highest BCUT2D eigenvalue weighted by Gasteiger charge is 2.24. The zero-order chi connectivity index (χ0) is 17.7.